The standard InChI is InChI=1S/C22H18N2O3S/c1-4-9-24-19-14(3)10-13(2)11-18(19)28-22(24)23-20(25)16-12-15-7-5-6-8-17(15)27-21(16)26/h4-8,10-12H,1,9H2,2-3H3. The fourth-order valence-corrected chi connectivity index (χ4v) is 4.55. The summed E-state index contributed by atoms with van der Waals surface area (Å²) in [5.74, 6) is -0.613. The Morgan fingerprint density at radius 3 is 2.82 bits per heavy atom. The summed E-state index contributed by atoms with van der Waals surface area (Å²) in [6, 6.07) is 12.8. The van der Waals surface area contributed by atoms with Gasteiger partial charge in [-0.2, -0.15) is 4.99 Å². The maximum Gasteiger partial charge on any atom is 0.349 e. The molecule has 2 aromatic heterocycles. The minimum Gasteiger partial charge on any atom is -0.422 e. The Labute approximate surface area is 164 Å². The van der Waals surface area contributed by atoms with Crippen molar-refractivity contribution in [1.29, 1.82) is 0 Å². The molecule has 0 atom stereocenters. The van der Waals surface area contributed by atoms with Gasteiger partial charge in [-0.05, 0) is 43.2 Å². The highest BCUT2D eigenvalue weighted by molar-refractivity contribution is 7.16. The smallest absolute Gasteiger partial charge is 0.349 e. The second-order valence-corrected chi connectivity index (χ2v) is 7.62. The molecule has 0 saturated carbocycles. The van der Waals surface area contributed by atoms with Gasteiger partial charge in [0.05, 0.1) is 10.2 Å². The van der Waals surface area contributed by atoms with Crippen LogP contribution in [0, 0.1) is 13.8 Å². The third kappa shape index (κ3) is 3.12. The van der Waals surface area contributed by atoms with Crippen molar-refractivity contribution in [2.45, 2.75) is 20.4 Å². The van der Waals surface area contributed by atoms with E-state index in [-0.39, 0.29) is 5.56 Å². The molecule has 0 aliphatic carbocycles. The van der Waals surface area contributed by atoms with Gasteiger partial charge >= 0.3 is 5.63 Å². The van der Waals surface area contributed by atoms with Crippen LogP contribution in [-0.4, -0.2) is 10.5 Å². The number of carbonyl (C=O) groups is 1. The van der Waals surface area contributed by atoms with Crippen LogP contribution in [0.3, 0.4) is 0 Å². The quantitative estimate of drug-likeness (QED) is 0.386. The summed E-state index contributed by atoms with van der Waals surface area (Å²) < 4.78 is 8.25. The van der Waals surface area contributed by atoms with Crippen molar-refractivity contribution in [3.8, 4) is 0 Å². The van der Waals surface area contributed by atoms with E-state index in [1.165, 1.54) is 17.4 Å². The number of rotatable bonds is 3. The lowest BCUT2D eigenvalue weighted by Crippen LogP contribution is -2.19. The maximum absolute atomic E-state index is 12.8. The van der Waals surface area contributed by atoms with Crippen LogP contribution in [0.1, 0.15) is 21.5 Å². The lowest BCUT2D eigenvalue weighted by Gasteiger charge is -2.05. The van der Waals surface area contributed by atoms with Crippen molar-refractivity contribution in [2.75, 3.05) is 0 Å². The van der Waals surface area contributed by atoms with Gasteiger partial charge in [0, 0.05) is 11.9 Å². The van der Waals surface area contributed by atoms with Crippen molar-refractivity contribution in [3.63, 3.8) is 0 Å². The molecule has 4 rings (SSSR count). The fraction of sp³-hybridized carbons (Fsp3) is 0.136. The van der Waals surface area contributed by atoms with Gasteiger partial charge in [-0.1, -0.05) is 41.7 Å². The van der Waals surface area contributed by atoms with E-state index in [9.17, 15) is 9.59 Å². The average Bonchev–Trinajstić information content (AvgIpc) is 2.98. The number of nitrogens with zero attached hydrogens (tertiary/aromatic N) is 2. The van der Waals surface area contributed by atoms with Crippen LogP contribution in [0.25, 0.3) is 21.2 Å². The first-order valence-electron chi connectivity index (χ1n) is 8.81. The zero-order valence-electron chi connectivity index (χ0n) is 15.6. The second kappa shape index (κ2) is 7.05. The van der Waals surface area contributed by atoms with Crippen LogP contribution in [0.4, 0.5) is 0 Å². The van der Waals surface area contributed by atoms with Crippen molar-refractivity contribution >= 4 is 38.4 Å². The number of para-hydroxylation sites is 1. The van der Waals surface area contributed by atoms with Gasteiger partial charge in [0.2, 0.25) is 0 Å². The lowest BCUT2D eigenvalue weighted by molar-refractivity contribution is 0.0994. The third-order valence-corrected chi connectivity index (χ3v) is 5.52. The molecule has 2 aromatic carbocycles. The van der Waals surface area contributed by atoms with E-state index >= 15 is 0 Å². The predicted octanol–water partition coefficient (Wildman–Crippen LogP) is 4.35. The van der Waals surface area contributed by atoms with Crippen molar-refractivity contribution in [3.05, 3.63) is 87.0 Å². The second-order valence-electron chi connectivity index (χ2n) is 6.61. The van der Waals surface area contributed by atoms with Gasteiger partial charge in [-0.25, -0.2) is 4.79 Å². The van der Waals surface area contributed by atoms with Gasteiger partial charge < -0.3 is 8.98 Å². The molecule has 0 N–H and O–H groups in total. The van der Waals surface area contributed by atoms with E-state index in [1.54, 1.807) is 24.3 Å². The minimum atomic E-state index is -0.684. The molecule has 5 nitrogen and oxygen atoms in total. The molecule has 0 bridgehead atoms. The summed E-state index contributed by atoms with van der Waals surface area (Å²) in [5.41, 5.74) is 2.95. The summed E-state index contributed by atoms with van der Waals surface area (Å²) in [6.45, 7) is 8.39. The Hall–Kier alpha value is -3.25. The van der Waals surface area contributed by atoms with Crippen LogP contribution >= 0.6 is 11.3 Å². The fourth-order valence-electron chi connectivity index (χ4n) is 3.33. The topological polar surface area (TPSA) is 64.6 Å². The van der Waals surface area contributed by atoms with Gasteiger partial charge in [-0.3, -0.25) is 4.79 Å². The lowest BCUT2D eigenvalue weighted by atomic mass is 10.1. The highest BCUT2D eigenvalue weighted by Crippen LogP contribution is 2.23. The first-order chi connectivity index (χ1) is 13.5. The van der Waals surface area contributed by atoms with Crippen LogP contribution in [0.15, 0.2) is 69.3 Å². The number of thiazole rings is 1. The van der Waals surface area contributed by atoms with E-state index in [1.807, 2.05) is 24.5 Å². The van der Waals surface area contributed by atoms with Crippen molar-refractivity contribution < 1.29 is 9.21 Å². The highest BCUT2D eigenvalue weighted by Gasteiger charge is 2.15. The van der Waals surface area contributed by atoms with E-state index in [4.69, 9.17) is 4.42 Å². The molecular formula is C22H18N2O3S. The summed E-state index contributed by atoms with van der Waals surface area (Å²) in [6.07, 6.45) is 1.76. The zero-order chi connectivity index (χ0) is 19.8. The number of aryl methyl sites for hydroxylation is 2. The van der Waals surface area contributed by atoms with Crippen LogP contribution < -0.4 is 10.4 Å². The van der Waals surface area contributed by atoms with Gasteiger partial charge in [0.1, 0.15) is 11.1 Å². The predicted molar refractivity (Wildman–Crippen MR) is 112 cm³/mol. The Kier molecular flexibility index (Phi) is 4.57. The Morgan fingerprint density at radius 2 is 2.04 bits per heavy atom. The molecule has 4 aromatic rings. The number of hydrogen-bond donors (Lipinski definition) is 0. The molecule has 6 heteroatoms. The van der Waals surface area contributed by atoms with Gasteiger partial charge in [0.25, 0.3) is 5.91 Å². The largest absolute Gasteiger partial charge is 0.422 e. The molecule has 0 aliphatic heterocycles. The monoisotopic (exact) mass is 390 g/mol. The Bertz CT molecular complexity index is 1370. The van der Waals surface area contributed by atoms with Crippen LogP contribution in [0.2, 0.25) is 0 Å². The molecule has 28 heavy (non-hydrogen) atoms. The minimum absolute atomic E-state index is 0.0748. The normalized spacial score (nSPS) is 12.0. The Morgan fingerprint density at radius 1 is 1.25 bits per heavy atom. The molecule has 0 spiro atoms. The molecule has 2 heterocycles. The number of fused-ring (bicyclic) bond motifs is 2. The van der Waals surface area contributed by atoms with Crippen molar-refractivity contribution in [2.24, 2.45) is 4.99 Å². The third-order valence-electron chi connectivity index (χ3n) is 4.49. The highest BCUT2D eigenvalue weighted by atomic mass is 32.1. The first kappa shape index (κ1) is 18.1. The van der Waals surface area contributed by atoms with E-state index in [2.05, 4.69) is 23.7 Å². The van der Waals surface area contributed by atoms with Crippen LogP contribution in [-0.2, 0) is 6.54 Å². The number of allylic oxidation sites excluding steroid dienone is 1. The number of carbonyl (C=O) groups excluding carboxylic acids is 1. The van der Waals surface area contributed by atoms with Crippen LogP contribution in [0.5, 0.6) is 0 Å². The molecule has 0 aliphatic rings. The first-order valence-corrected chi connectivity index (χ1v) is 9.63. The Balaban J connectivity index is 1.92. The molecule has 0 fully saturated rings. The number of amides is 1. The summed E-state index contributed by atoms with van der Waals surface area (Å²) in [7, 11) is 0. The number of benzene rings is 2. The molecule has 0 saturated heterocycles. The molecule has 0 unspecified atom stereocenters. The zero-order valence-corrected chi connectivity index (χ0v) is 16.4. The van der Waals surface area contributed by atoms with Gasteiger partial charge in [-0.15, -0.1) is 6.58 Å². The number of aromatic nitrogens is 1. The molecule has 140 valence electrons. The summed E-state index contributed by atoms with van der Waals surface area (Å²) in [4.78, 5) is 29.9. The maximum atomic E-state index is 12.8. The van der Waals surface area contributed by atoms with E-state index in [0.29, 0.717) is 22.3 Å². The molecule has 0 radical (unpaired) electrons. The molecular weight excluding hydrogens is 372 g/mol. The average molecular weight is 390 g/mol. The SMILES string of the molecule is C=CCn1c(=NC(=O)c2cc3ccccc3oc2=O)sc2cc(C)cc(C)c21. The number of hydrogen-bond acceptors (Lipinski definition) is 4. The van der Waals surface area contributed by atoms with E-state index < -0.39 is 11.5 Å². The van der Waals surface area contributed by atoms with Crippen molar-refractivity contribution in [1.82, 2.24) is 4.57 Å². The summed E-state index contributed by atoms with van der Waals surface area (Å²) in [5, 5.41) is 0.683. The van der Waals surface area contributed by atoms with Gasteiger partial charge in [0.15, 0.2) is 4.80 Å². The molecule has 1 amide bonds. The summed E-state index contributed by atoms with van der Waals surface area (Å²) >= 11 is 1.42. The van der Waals surface area contributed by atoms with E-state index in [0.717, 1.165) is 21.3 Å².